The molecule has 1 aliphatic rings. The summed E-state index contributed by atoms with van der Waals surface area (Å²) in [7, 11) is -3.44. The fourth-order valence-corrected chi connectivity index (χ4v) is 4.11. The van der Waals surface area contributed by atoms with Gasteiger partial charge in [-0.05, 0) is 30.2 Å². The zero-order chi connectivity index (χ0) is 24.2. The largest absolute Gasteiger partial charge is 0.481 e. The van der Waals surface area contributed by atoms with Crippen molar-refractivity contribution in [2.75, 3.05) is 11.0 Å². The molecule has 0 aromatic heterocycles. The molecule has 0 fully saturated rings. The molecule has 2 aromatic rings. The van der Waals surface area contributed by atoms with Crippen LogP contribution in [0.5, 0.6) is 0 Å². The molecule has 2 N–H and O–H groups in total. The Balaban J connectivity index is 1.92. The van der Waals surface area contributed by atoms with Gasteiger partial charge in [0.1, 0.15) is 0 Å². The summed E-state index contributed by atoms with van der Waals surface area (Å²) in [6.45, 7) is 0. The van der Waals surface area contributed by atoms with Crippen molar-refractivity contribution in [3.63, 3.8) is 0 Å². The highest BCUT2D eigenvalue weighted by atomic mass is 32.2. The minimum absolute atomic E-state index is 0.0720. The Morgan fingerprint density at radius 2 is 1.85 bits per heavy atom. The number of nitro groups is 1. The molecule has 0 unspecified atom stereocenters. The van der Waals surface area contributed by atoms with Crippen molar-refractivity contribution in [2.24, 2.45) is 5.10 Å². The van der Waals surface area contributed by atoms with Crippen LogP contribution in [0, 0.1) is 10.1 Å². The maximum atomic E-state index is 12.9. The molecule has 1 heterocycles. The quantitative estimate of drug-likeness (QED) is 0.417. The Hall–Kier alpha value is -3.80. The van der Waals surface area contributed by atoms with Crippen LogP contribution in [0.4, 0.5) is 11.4 Å². The predicted molar refractivity (Wildman–Crippen MR) is 120 cm³/mol. The molecule has 1 amide bonds. The SMILES string of the molecule is CS(=O)(=O)Nc1ccc(C2=NN(C(=O)CCCC(=O)O)[C@H](c3ccccc3[N+](=O)[O-])C2)cc1. The normalized spacial score (nSPS) is 15.7. The second kappa shape index (κ2) is 9.77. The van der Waals surface area contributed by atoms with E-state index in [0.29, 0.717) is 22.5 Å². The molecule has 0 aliphatic carbocycles. The highest BCUT2D eigenvalue weighted by Crippen LogP contribution is 2.37. The maximum absolute atomic E-state index is 12.9. The minimum Gasteiger partial charge on any atom is -0.481 e. The number of rotatable bonds is 9. The van der Waals surface area contributed by atoms with Crippen LogP contribution < -0.4 is 4.72 Å². The van der Waals surface area contributed by atoms with Crippen molar-refractivity contribution < 1.29 is 28.0 Å². The van der Waals surface area contributed by atoms with Crippen molar-refractivity contribution in [2.45, 2.75) is 31.7 Å². The zero-order valence-corrected chi connectivity index (χ0v) is 18.5. The van der Waals surface area contributed by atoms with E-state index in [0.717, 1.165) is 6.26 Å². The number of carbonyl (C=O) groups excluding carboxylic acids is 1. The third kappa shape index (κ3) is 6.13. The second-order valence-electron chi connectivity index (χ2n) is 7.52. The van der Waals surface area contributed by atoms with Crippen molar-refractivity contribution in [1.29, 1.82) is 0 Å². The van der Waals surface area contributed by atoms with Crippen LogP contribution in [0.25, 0.3) is 0 Å². The summed E-state index contributed by atoms with van der Waals surface area (Å²) < 4.78 is 25.2. The number of carbonyl (C=O) groups is 2. The molecule has 0 saturated heterocycles. The first-order chi connectivity index (χ1) is 15.5. The fourth-order valence-electron chi connectivity index (χ4n) is 3.54. The summed E-state index contributed by atoms with van der Waals surface area (Å²) in [5.74, 6) is -1.46. The lowest BCUT2D eigenvalue weighted by atomic mass is 9.97. The van der Waals surface area contributed by atoms with Gasteiger partial charge in [0.15, 0.2) is 0 Å². The molecule has 2 aromatic carbocycles. The first kappa shape index (κ1) is 23.9. The Morgan fingerprint density at radius 1 is 1.18 bits per heavy atom. The number of carboxylic acid groups (broad SMARTS) is 1. The highest BCUT2D eigenvalue weighted by molar-refractivity contribution is 7.92. The monoisotopic (exact) mass is 474 g/mol. The van der Waals surface area contributed by atoms with Crippen LogP contribution in [0.1, 0.15) is 42.9 Å². The van der Waals surface area contributed by atoms with Gasteiger partial charge in [0.25, 0.3) is 5.69 Å². The van der Waals surface area contributed by atoms with Crippen LogP contribution in [0.2, 0.25) is 0 Å². The third-order valence-electron chi connectivity index (χ3n) is 4.96. The van der Waals surface area contributed by atoms with E-state index in [1.54, 1.807) is 36.4 Å². The van der Waals surface area contributed by atoms with Gasteiger partial charge in [-0.3, -0.25) is 24.4 Å². The lowest BCUT2D eigenvalue weighted by Gasteiger charge is -2.21. The van der Waals surface area contributed by atoms with Gasteiger partial charge in [-0.15, -0.1) is 0 Å². The average molecular weight is 474 g/mol. The highest BCUT2D eigenvalue weighted by Gasteiger charge is 2.36. The van der Waals surface area contributed by atoms with Crippen molar-refractivity contribution in [3.05, 3.63) is 69.8 Å². The molecule has 0 bridgehead atoms. The number of nitrogens with zero attached hydrogens (tertiary/aromatic N) is 3. The number of para-hydroxylation sites is 1. The summed E-state index contributed by atoms with van der Waals surface area (Å²) in [6, 6.07) is 11.7. The van der Waals surface area contributed by atoms with E-state index < -0.39 is 32.9 Å². The van der Waals surface area contributed by atoms with Crippen LogP contribution in [-0.2, 0) is 19.6 Å². The van der Waals surface area contributed by atoms with Gasteiger partial charge in [0.2, 0.25) is 15.9 Å². The number of benzene rings is 2. The van der Waals surface area contributed by atoms with Gasteiger partial charge < -0.3 is 5.11 Å². The molecule has 0 radical (unpaired) electrons. The molecule has 3 rings (SSSR count). The molecule has 0 spiro atoms. The molecule has 1 atom stereocenters. The van der Waals surface area contributed by atoms with Crippen LogP contribution >= 0.6 is 0 Å². The summed E-state index contributed by atoms with van der Waals surface area (Å²) in [4.78, 5) is 34.7. The number of nitro benzene ring substituents is 1. The third-order valence-corrected chi connectivity index (χ3v) is 5.57. The molecule has 174 valence electrons. The number of hydrogen-bond acceptors (Lipinski definition) is 7. The van der Waals surface area contributed by atoms with Crippen molar-refractivity contribution >= 4 is 39.0 Å². The number of anilines is 1. The number of carboxylic acids is 1. The molecule has 0 saturated carbocycles. The number of hydrogen-bond donors (Lipinski definition) is 2. The van der Waals surface area contributed by atoms with Crippen molar-refractivity contribution in [1.82, 2.24) is 5.01 Å². The van der Waals surface area contributed by atoms with Crippen LogP contribution in [-0.4, -0.2) is 47.3 Å². The standard InChI is InChI=1S/C21H22N4O7S/c1-33(31,32)23-15-11-9-14(10-12-15)17-13-19(16-5-2-3-6-18(16)25(29)30)24(22-17)20(26)7-4-8-21(27)28/h2-3,5-6,9-12,19,23H,4,7-8,13H2,1H3,(H,27,28)/t19-/m0/s1. The summed E-state index contributed by atoms with van der Waals surface area (Å²) in [5.41, 5.74) is 1.66. The van der Waals surface area contributed by atoms with Gasteiger partial charge in [0.05, 0.1) is 28.5 Å². The van der Waals surface area contributed by atoms with Gasteiger partial charge in [-0.2, -0.15) is 5.10 Å². The first-order valence-corrected chi connectivity index (χ1v) is 11.9. The average Bonchev–Trinajstić information content (AvgIpc) is 3.18. The van der Waals surface area contributed by atoms with E-state index in [1.807, 2.05) is 0 Å². The van der Waals surface area contributed by atoms with Crippen LogP contribution in [0.15, 0.2) is 53.6 Å². The smallest absolute Gasteiger partial charge is 0.303 e. The van der Waals surface area contributed by atoms with Crippen LogP contribution in [0.3, 0.4) is 0 Å². The number of amides is 1. The van der Waals surface area contributed by atoms with Gasteiger partial charge in [-0.25, -0.2) is 13.4 Å². The van der Waals surface area contributed by atoms with Gasteiger partial charge in [-0.1, -0.05) is 24.3 Å². The number of hydrazone groups is 1. The fraction of sp³-hybridized carbons (Fsp3) is 0.286. The Labute approximate surface area is 189 Å². The first-order valence-electron chi connectivity index (χ1n) is 9.98. The molecule has 33 heavy (non-hydrogen) atoms. The van der Waals surface area contributed by atoms with Gasteiger partial charge >= 0.3 is 5.97 Å². The molecular weight excluding hydrogens is 452 g/mol. The second-order valence-corrected chi connectivity index (χ2v) is 9.27. The molecule has 11 nitrogen and oxygen atoms in total. The lowest BCUT2D eigenvalue weighted by Crippen LogP contribution is -2.27. The minimum atomic E-state index is -3.44. The van der Waals surface area contributed by atoms with Crippen molar-refractivity contribution in [3.8, 4) is 0 Å². The van der Waals surface area contributed by atoms with E-state index in [1.165, 1.54) is 17.1 Å². The van der Waals surface area contributed by atoms with E-state index in [4.69, 9.17) is 5.11 Å². The maximum Gasteiger partial charge on any atom is 0.303 e. The number of aliphatic carboxylic acids is 1. The molecule has 1 aliphatic heterocycles. The molecular formula is C21H22N4O7S. The summed E-state index contributed by atoms with van der Waals surface area (Å²) in [6.07, 6.45) is 1.10. The zero-order valence-electron chi connectivity index (χ0n) is 17.7. The lowest BCUT2D eigenvalue weighted by molar-refractivity contribution is -0.385. The number of sulfonamides is 1. The van der Waals surface area contributed by atoms with E-state index >= 15 is 0 Å². The Kier molecular flexibility index (Phi) is 7.07. The van der Waals surface area contributed by atoms with E-state index in [9.17, 15) is 28.1 Å². The van der Waals surface area contributed by atoms with E-state index in [2.05, 4.69) is 9.82 Å². The topological polar surface area (TPSA) is 159 Å². The summed E-state index contributed by atoms with van der Waals surface area (Å²) in [5, 5.41) is 26.0. The summed E-state index contributed by atoms with van der Waals surface area (Å²) >= 11 is 0. The number of nitrogens with one attached hydrogen (secondary N) is 1. The Morgan fingerprint density at radius 3 is 2.45 bits per heavy atom. The predicted octanol–water partition coefficient (Wildman–Crippen LogP) is 2.90. The Bertz CT molecular complexity index is 1210. The van der Waals surface area contributed by atoms with E-state index in [-0.39, 0.29) is 31.4 Å². The molecule has 12 heteroatoms. The van der Waals surface area contributed by atoms with Gasteiger partial charge in [0, 0.05) is 31.0 Å².